The number of carbonyl (C=O) groups is 2. The monoisotopic (exact) mass is 385 g/mol. The summed E-state index contributed by atoms with van der Waals surface area (Å²) in [5.41, 5.74) is 1.31. The summed E-state index contributed by atoms with van der Waals surface area (Å²) in [5.74, 6) is -0.0870. The number of amides is 2. The van der Waals surface area contributed by atoms with E-state index in [9.17, 15) is 9.59 Å². The lowest BCUT2D eigenvalue weighted by Crippen LogP contribution is -2.56. The molecule has 2 aromatic rings. The molecule has 0 bridgehead atoms. The third kappa shape index (κ3) is 6.19. The van der Waals surface area contributed by atoms with Gasteiger partial charge in [0.15, 0.2) is 0 Å². The average Bonchev–Trinajstić information content (AvgIpc) is 3.19. The maximum Gasteiger partial charge on any atom is 0.237 e. The molecule has 0 saturated carbocycles. The molecule has 5 nitrogen and oxygen atoms in total. The van der Waals surface area contributed by atoms with Gasteiger partial charge in [0.25, 0.3) is 0 Å². The molecule has 1 aliphatic rings. The van der Waals surface area contributed by atoms with Crippen LogP contribution in [0.15, 0.2) is 47.8 Å². The van der Waals surface area contributed by atoms with Crippen LogP contribution < -0.4 is 10.6 Å². The van der Waals surface area contributed by atoms with Crippen LogP contribution >= 0.6 is 11.3 Å². The molecule has 1 unspecified atom stereocenters. The maximum absolute atomic E-state index is 12.3. The van der Waals surface area contributed by atoms with E-state index in [1.807, 2.05) is 29.6 Å². The van der Waals surface area contributed by atoms with Gasteiger partial charge in [-0.05, 0) is 42.8 Å². The van der Waals surface area contributed by atoms with Crippen molar-refractivity contribution in [1.82, 2.24) is 15.5 Å². The van der Waals surface area contributed by atoms with Crippen molar-refractivity contribution in [2.24, 2.45) is 0 Å². The predicted octanol–water partition coefficient (Wildman–Crippen LogP) is 2.23. The van der Waals surface area contributed by atoms with Crippen LogP contribution in [0.2, 0.25) is 0 Å². The van der Waals surface area contributed by atoms with Crippen LogP contribution in [0, 0.1) is 0 Å². The molecule has 2 heterocycles. The Bertz CT molecular complexity index is 718. The van der Waals surface area contributed by atoms with Crippen LogP contribution in [0.5, 0.6) is 0 Å². The van der Waals surface area contributed by atoms with Gasteiger partial charge in [0.05, 0.1) is 12.5 Å². The standard InChI is InChI=1S/C21H27N3O2S/c25-20(22-11-10-18-9-5-15-27-18)16-19-21(26)23-12-14-24(19)13-4-8-17-6-2-1-3-7-17/h1-3,5-7,9,15,19H,4,8,10-14,16H2,(H,22,25)(H,23,26). The fourth-order valence-electron chi connectivity index (χ4n) is 3.41. The predicted molar refractivity (Wildman–Crippen MR) is 109 cm³/mol. The van der Waals surface area contributed by atoms with Crippen molar-refractivity contribution in [2.75, 3.05) is 26.2 Å². The van der Waals surface area contributed by atoms with Crippen LogP contribution in [-0.2, 0) is 22.4 Å². The second kappa shape index (κ2) is 10.2. The molecule has 1 aromatic heterocycles. The molecule has 6 heteroatoms. The summed E-state index contributed by atoms with van der Waals surface area (Å²) in [4.78, 5) is 28.0. The number of hydrogen-bond donors (Lipinski definition) is 2. The Hall–Kier alpha value is -2.18. The van der Waals surface area contributed by atoms with Gasteiger partial charge in [0.2, 0.25) is 11.8 Å². The van der Waals surface area contributed by atoms with Crippen molar-refractivity contribution in [3.05, 3.63) is 58.3 Å². The third-order valence-electron chi connectivity index (χ3n) is 4.85. The van der Waals surface area contributed by atoms with E-state index in [0.717, 1.165) is 32.4 Å². The van der Waals surface area contributed by atoms with Crippen molar-refractivity contribution in [3.8, 4) is 0 Å². The fraction of sp³-hybridized carbons (Fsp3) is 0.429. The smallest absolute Gasteiger partial charge is 0.237 e. The van der Waals surface area contributed by atoms with Gasteiger partial charge >= 0.3 is 0 Å². The van der Waals surface area contributed by atoms with E-state index in [1.165, 1.54) is 10.4 Å². The molecular weight excluding hydrogens is 358 g/mol. The van der Waals surface area contributed by atoms with Gasteiger partial charge < -0.3 is 10.6 Å². The number of rotatable bonds is 9. The Morgan fingerprint density at radius 2 is 2.04 bits per heavy atom. The zero-order valence-electron chi connectivity index (χ0n) is 15.5. The lowest BCUT2D eigenvalue weighted by molar-refractivity contribution is -0.133. The second-order valence-electron chi connectivity index (χ2n) is 6.82. The summed E-state index contributed by atoms with van der Waals surface area (Å²) < 4.78 is 0. The highest BCUT2D eigenvalue weighted by molar-refractivity contribution is 7.09. The van der Waals surface area contributed by atoms with E-state index >= 15 is 0 Å². The first-order valence-corrected chi connectivity index (χ1v) is 10.4. The highest BCUT2D eigenvalue weighted by atomic mass is 32.1. The van der Waals surface area contributed by atoms with Gasteiger partial charge in [-0.15, -0.1) is 11.3 Å². The number of nitrogens with one attached hydrogen (secondary N) is 2. The maximum atomic E-state index is 12.3. The molecule has 1 aliphatic heterocycles. The summed E-state index contributed by atoms with van der Waals surface area (Å²) >= 11 is 1.69. The van der Waals surface area contributed by atoms with Gasteiger partial charge in [-0.1, -0.05) is 36.4 Å². The van der Waals surface area contributed by atoms with Crippen molar-refractivity contribution >= 4 is 23.2 Å². The van der Waals surface area contributed by atoms with Crippen molar-refractivity contribution in [2.45, 2.75) is 31.7 Å². The molecule has 1 aromatic carbocycles. The van der Waals surface area contributed by atoms with Gasteiger partial charge in [0, 0.05) is 24.5 Å². The van der Waals surface area contributed by atoms with E-state index in [0.29, 0.717) is 13.1 Å². The van der Waals surface area contributed by atoms with E-state index in [2.05, 4.69) is 33.7 Å². The Morgan fingerprint density at radius 3 is 2.81 bits per heavy atom. The number of benzene rings is 1. The summed E-state index contributed by atoms with van der Waals surface area (Å²) in [6.45, 7) is 2.89. The summed E-state index contributed by atoms with van der Waals surface area (Å²) in [6.07, 6.45) is 3.02. The van der Waals surface area contributed by atoms with Gasteiger partial charge in [-0.3, -0.25) is 14.5 Å². The lowest BCUT2D eigenvalue weighted by atomic mass is 10.1. The van der Waals surface area contributed by atoms with Crippen LogP contribution in [0.25, 0.3) is 0 Å². The van der Waals surface area contributed by atoms with Crippen molar-refractivity contribution in [3.63, 3.8) is 0 Å². The van der Waals surface area contributed by atoms with E-state index in [4.69, 9.17) is 0 Å². The molecule has 0 aliphatic carbocycles. The van der Waals surface area contributed by atoms with E-state index < -0.39 is 0 Å². The van der Waals surface area contributed by atoms with Crippen LogP contribution in [0.4, 0.5) is 0 Å². The molecule has 1 atom stereocenters. The van der Waals surface area contributed by atoms with Crippen molar-refractivity contribution < 1.29 is 9.59 Å². The van der Waals surface area contributed by atoms with Gasteiger partial charge in [-0.2, -0.15) is 0 Å². The summed E-state index contributed by atoms with van der Waals surface area (Å²) in [5, 5.41) is 7.89. The normalized spacial score (nSPS) is 17.5. The van der Waals surface area contributed by atoms with Crippen molar-refractivity contribution in [1.29, 1.82) is 0 Å². The minimum Gasteiger partial charge on any atom is -0.356 e. The first-order chi connectivity index (χ1) is 13.2. The summed E-state index contributed by atoms with van der Waals surface area (Å²) in [7, 11) is 0. The molecule has 27 heavy (non-hydrogen) atoms. The molecule has 1 fully saturated rings. The first-order valence-electron chi connectivity index (χ1n) is 9.57. The number of carbonyl (C=O) groups excluding carboxylic acids is 2. The fourth-order valence-corrected chi connectivity index (χ4v) is 4.12. The molecule has 0 spiro atoms. The highest BCUT2D eigenvalue weighted by Crippen LogP contribution is 2.12. The molecule has 1 saturated heterocycles. The van der Waals surface area contributed by atoms with Gasteiger partial charge in [0.1, 0.15) is 0 Å². The molecule has 2 N–H and O–H groups in total. The molecule has 144 valence electrons. The topological polar surface area (TPSA) is 61.4 Å². The second-order valence-corrected chi connectivity index (χ2v) is 7.85. The number of nitrogens with zero attached hydrogens (tertiary/aromatic N) is 1. The van der Waals surface area contributed by atoms with Crippen LogP contribution in [0.1, 0.15) is 23.3 Å². The zero-order chi connectivity index (χ0) is 18.9. The number of hydrogen-bond acceptors (Lipinski definition) is 4. The molecule has 0 radical (unpaired) electrons. The SMILES string of the molecule is O=C(CC1C(=O)NCCN1CCCc1ccccc1)NCCc1cccs1. The quantitative estimate of drug-likeness (QED) is 0.696. The minimum atomic E-state index is -0.365. The largest absolute Gasteiger partial charge is 0.356 e. The van der Waals surface area contributed by atoms with Gasteiger partial charge in [-0.25, -0.2) is 0 Å². The Labute approximate surface area is 164 Å². The highest BCUT2D eigenvalue weighted by Gasteiger charge is 2.31. The van der Waals surface area contributed by atoms with Crippen LogP contribution in [0.3, 0.4) is 0 Å². The first kappa shape index (κ1) is 19.6. The molecular formula is C21H27N3O2S. The Kier molecular flexibility index (Phi) is 7.42. The minimum absolute atomic E-state index is 0.0330. The Balaban J connectivity index is 1.44. The third-order valence-corrected chi connectivity index (χ3v) is 5.78. The van der Waals surface area contributed by atoms with E-state index in [1.54, 1.807) is 11.3 Å². The zero-order valence-corrected chi connectivity index (χ0v) is 16.3. The van der Waals surface area contributed by atoms with Crippen LogP contribution in [-0.4, -0.2) is 48.9 Å². The molecule has 3 rings (SSSR count). The lowest BCUT2D eigenvalue weighted by Gasteiger charge is -2.34. The number of thiophene rings is 1. The average molecular weight is 386 g/mol. The number of aryl methyl sites for hydroxylation is 1. The Morgan fingerprint density at radius 1 is 1.19 bits per heavy atom. The summed E-state index contributed by atoms with van der Waals surface area (Å²) in [6, 6.07) is 14.1. The number of piperazine rings is 1. The molecule has 2 amide bonds. The van der Waals surface area contributed by atoms with E-state index in [-0.39, 0.29) is 24.3 Å².